The fourth-order valence-electron chi connectivity index (χ4n) is 2.20. The molecule has 1 atom stereocenters. The highest BCUT2D eigenvalue weighted by molar-refractivity contribution is 5.78. The Morgan fingerprint density at radius 2 is 2.06 bits per heavy atom. The predicted octanol–water partition coefficient (Wildman–Crippen LogP) is 1.08. The Balaban J connectivity index is 2.20. The molecule has 4 heteroatoms. The van der Waals surface area contributed by atoms with E-state index in [1.54, 1.807) is 0 Å². The van der Waals surface area contributed by atoms with E-state index in [2.05, 4.69) is 10.1 Å². The second-order valence-electron chi connectivity index (χ2n) is 4.90. The fraction of sp³-hybridized carbons (Fsp3) is 0.917. The standard InChI is InChI=1S/C12H23NO3/c1-12(15,11(14)16-2)9-13-8-10-6-4-3-5-7-10/h10,13,15H,3-9H2,1-2H3. The van der Waals surface area contributed by atoms with E-state index in [4.69, 9.17) is 0 Å². The number of carbonyl (C=O) groups is 1. The number of nitrogens with one attached hydrogen (secondary N) is 1. The largest absolute Gasteiger partial charge is 0.467 e. The number of hydrogen-bond acceptors (Lipinski definition) is 4. The summed E-state index contributed by atoms with van der Waals surface area (Å²) in [6.45, 7) is 2.62. The summed E-state index contributed by atoms with van der Waals surface area (Å²) in [5.41, 5.74) is -1.41. The maximum absolute atomic E-state index is 11.2. The maximum Gasteiger partial charge on any atom is 0.338 e. The second-order valence-corrected chi connectivity index (χ2v) is 4.90. The van der Waals surface area contributed by atoms with Crippen molar-refractivity contribution < 1.29 is 14.6 Å². The first-order chi connectivity index (χ1) is 7.56. The molecule has 94 valence electrons. The van der Waals surface area contributed by atoms with Crippen LogP contribution in [0, 0.1) is 5.92 Å². The first kappa shape index (κ1) is 13.5. The van der Waals surface area contributed by atoms with Gasteiger partial charge in [0.15, 0.2) is 5.60 Å². The minimum atomic E-state index is -1.41. The van der Waals surface area contributed by atoms with Crippen molar-refractivity contribution in [3.8, 4) is 0 Å². The summed E-state index contributed by atoms with van der Waals surface area (Å²) in [6.07, 6.45) is 6.47. The van der Waals surface area contributed by atoms with Gasteiger partial charge >= 0.3 is 5.97 Å². The third-order valence-electron chi connectivity index (χ3n) is 3.25. The van der Waals surface area contributed by atoms with Crippen molar-refractivity contribution in [3.05, 3.63) is 0 Å². The maximum atomic E-state index is 11.2. The normalized spacial score (nSPS) is 21.4. The molecule has 1 fully saturated rings. The SMILES string of the molecule is COC(=O)C(C)(O)CNCC1CCCCC1. The lowest BCUT2D eigenvalue weighted by atomic mass is 9.89. The number of methoxy groups -OCH3 is 1. The highest BCUT2D eigenvalue weighted by atomic mass is 16.5. The van der Waals surface area contributed by atoms with Crippen LogP contribution in [0.3, 0.4) is 0 Å². The van der Waals surface area contributed by atoms with Gasteiger partial charge < -0.3 is 15.2 Å². The van der Waals surface area contributed by atoms with E-state index < -0.39 is 11.6 Å². The first-order valence-corrected chi connectivity index (χ1v) is 6.08. The molecule has 1 rings (SSSR count). The van der Waals surface area contributed by atoms with Crippen LogP contribution in [0.4, 0.5) is 0 Å². The van der Waals surface area contributed by atoms with Crippen molar-refractivity contribution in [3.63, 3.8) is 0 Å². The smallest absolute Gasteiger partial charge is 0.338 e. The summed E-state index contributed by atoms with van der Waals surface area (Å²) in [4.78, 5) is 11.2. The van der Waals surface area contributed by atoms with Crippen LogP contribution in [0.5, 0.6) is 0 Å². The molecule has 0 aromatic carbocycles. The molecule has 2 N–H and O–H groups in total. The van der Waals surface area contributed by atoms with Gasteiger partial charge in [0.2, 0.25) is 0 Å². The number of rotatable bonds is 5. The Hall–Kier alpha value is -0.610. The quantitative estimate of drug-likeness (QED) is 0.693. The number of aliphatic hydroxyl groups is 1. The van der Waals surface area contributed by atoms with E-state index in [1.807, 2.05) is 0 Å². The molecule has 1 unspecified atom stereocenters. The van der Waals surface area contributed by atoms with Gasteiger partial charge in [0.05, 0.1) is 7.11 Å². The zero-order valence-corrected chi connectivity index (χ0v) is 10.3. The van der Waals surface area contributed by atoms with Crippen molar-refractivity contribution >= 4 is 5.97 Å². The summed E-state index contributed by atoms with van der Waals surface area (Å²) in [5.74, 6) is 0.117. The topological polar surface area (TPSA) is 58.6 Å². The molecule has 0 amide bonds. The zero-order valence-electron chi connectivity index (χ0n) is 10.3. The summed E-state index contributed by atoms with van der Waals surface area (Å²) in [5, 5.41) is 12.9. The summed E-state index contributed by atoms with van der Waals surface area (Å²) in [7, 11) is 1.29. The molecule has 0 saturated heterocycles. The molecule has 0 spiro atoms. The number of carbonyl (C=O) groups excluding carboxylic acids is 1. The van der Waals surface area contributed by atoms with E-state index in [0.29, 0.717) is 5.92 Å². The van der Waals surface area contributed by atoms with E-state index in [1.165, 1.54) is 46.1 Å². The third kappa shape index (κ3) is 4.10. The van der Waals surface area contributed by atoms with Gasteiger partial charge in [-0.15, -0.1) is 0 Å². The van der Waals surface area contributed by atoms with Crippen LogP contribution in [-0.2, 0) is 9.53 Å². The summed E-state index contributed by atoms with van der Waals surface area (Å²) < 4.78 is 4.53. The Kier molecular flexibility index (Phi) is 5.22. The second kappa shape index (κ2) is 6.21. The average molecular weight is 229 g/mol. The molecule has 0 aliphatic heterocycles. The first-order valence-electron chi connectivity index (χ1n) is 6.08. The molecule has 0 aromatic rings. The highest BCUT2D eigenvalue weighted by Crippen LogP contribution is 2.22. The van der Waals surface area contributed by atoms with Crippen LogP contribution in [0.25, 0.3) is 0 Å². The van der Waals surface area contributed by atoms with Crippen molar-refractivity contribution in [1.29, 1.82) is 0 Å². The van der Waals surface area contributed by atoms with Crippen molar-refractivity contribution in [2.24, 2.45) is 5.92 Å². The molecule has 0 radical (unpaired) electrons. The van der Waals surface area contributed by atoms with Gasteiger partial charge in [0.1, 0.15) is 0 Å². The van der Waals surface area contributed by atoms with E-state index in [0.717, 1.165) is 6.54 Å². The van der Waals surface area contributed by atoms with E-state index >= 15 is 0 Å². The lowest BCUT2D eigenvalue weighted by Gasteiger charge is -2.25. The van der Waals surface area contributed by atoms with Crippen LogP contribution in [-0.4, -0.2) is 36.9 Å². The Labute approximate surface area is 97.4 Å². The van der Waals surface area contributed by atoms with E-state index in [9.17, 15) is 9.90 Å². The van der Waals surface area contributed by atoms with E-state index in [-0.39, 0.29) is 6.54 Å². The molecular formula is C12H23NO3. The van der Waals surface area contributed by atoms with Gasteiger partial charge in [0, 0.05) is 6.54 Å². The van der Waals surface area contributed by atoms with Crippen LogP contribution in [0.15, 0.2) is 0 Å². The summed E-state index contributed by atoms with van der Waals surface area (Å²) in [6, 6.07) is 0. The molecule has 0 heterocycles. The minimum absolute atomic E-state index is 0.260. The van der Waals surface area contributed by atoms with Crippen molar-refractivity contribution in [2.75, 3.05) is 20.2 Å². The fourth-order valence-corrected chi connectivity index (χ4v) is 2.20. The van der Waals surface area contributed by atoms with Gasteiger partial charge in [-0.2, -0.15) is 0 Å². The third-order valence-corrected chi connectivity index (χ3v) is 3.25. The number of hydrogen-bond donors (Lipinski definition) is 2. The Bertz CT molecular complexity index is 222. The van der Waals surface area contributed by atoms with Gasteiger partial charge in [0.25, 0.3) is 0 Å². The Morgan fingerprint density at radius 1 is 1.44 bits per heavy atom. The lowest BCUT2D eigenvalue weighted by Crippen LogP contribution is -2.46. The Morgan fingerprint density at radius 3 is 2.62 bits per heavy atom. The molecular weight excluding hydrogens is 206 g/mol. The molecule has 0 bridgehead atoms. The minimum Gasteiger partial charge on any atom is -0.467 e. The molecule has 0 aromatic heterocycles. The monoisotopic (exact) mass is 229 g/mol. The van der Waals surface area contributed by atoms with Gasteiger partial charge in [-0.1, -0.05) is 19.3 Å². The predicted molar refractivity (Wildman–Crippen MR) is 62.1 cm³/mol. The van der Waals surface area contributed by atoms with Gasteiger partial charge in [-0.05, 0) is 32.2 Å². The number of esters is 1. The van der Waals surface area contributed by atoms with Crippen molar-refractivity contribution in [1.82, 2.24) is 5.32 Å². The molecule has 1 saturated carbocycles. The lowest BCUT2D eigenvalue weighted by molar-refractivity contribution is -0.159. The van der Waals surface area contributed by atoms with Crippen molar-refractivity contribution in [2.45, 2.75) is 44.6 Å². The van der Waals surface area contributed by atoms with Gasteiger partial charge in [-0.3, -0.25) is 0 Å². The van der Waals surface area contributed by atoms with Crippen LogP contribution >= 0.6 is 0 Å². The van der Waals surface area contributed by atoms with Gasteiger partial charge in [-0.25, -0.2) is 4.79 Å². The van der Waals surface area contributed by atoms with Crippen LogP contribution in [0.2, 0.25) is 0 Å². The average Bonchev–Trinajstić information content (AvgIpc) is 2.29. The molecule has 4 nitrogen and oxygen atoms in total. The van der Waals surface area contributed by atoms with Crippen LogP contribution in [0.1, 0.15) is 39.0 Å². The molecule has 16 heavy (non-hydrogen) atoms. The molecule has 1 aliphatic carbocycles. The highest BCUT2D eigenvalue weighted by Gasteiger charge is 2.31. The number of ether oxygens (including phenoxy) is 1. The molecule has 1 aliphatic rings. The van der Waals surface area contributed by atoms with Crippen LogP contribution < -0.4 is 5.32 Å². The zero-order chi connectivity index (χ0) is 12.0. The summed E-state index contributed by atoms with van der Waals surface area (Å²) >= 11 is 0.